The van der Waals surface area contributed by atoms with E-state index >= 15 is 0 Å². The number of aryl methyl sites for hydroxylation is 1. The summed E-state index contributed by atoms with van der Waals surface area (Å²) in [5.74, 6) is -0.147. The first-order chi connectivity index (χ1) is 10.9. The Morgan fingerprint density at radius 3 is 2.78 bits per heavy atom. The van der Waals surface area contributed by atoms with E-state index in [1.807, 2.05) is 13.8 Å². The van der Waals surface area contributed by atoms with E-state index in [0.29, 0.717) is 19.5 Å². The van der Waals surface area contributed by atoms with E-state index in [1.165, 1.54) is 16.9 Å². The molecule has 1 saturated heterocycles. The van der Waals surface area contributed by atoms with Crippen molar-refractivity contribution >= 4 is 23.3 Å². The Kier molecular flexibility index (Phi) is 6.04. The lowest BCUT2D eigenvalue weighted by atomic mass is 9.87. The molecule has 2 amide bonds. The molecular weight excluding hydrogens is 312 g/mol. The summed E-state index contributed by atoms with van der Waals surface area (Å²) in [6.45, 7) is 7.30. The lowest BCUT2D eigenvalue weighted by Crippen LogP contribution is -2.51. The summed E-state index contributed by atoms with van der Waals surface area (Å²) in [4.78, 5) is 28.5. The maximum absolute atomic E-state index is 12.4. The van der Waals surface area contributed by atoms with Crippen molar-refractivity contribution in [2.45, 2.75) is 39.7 Å². The highest BCUT2D eigenvalue weighted by atomic mass is 32.1. The Balaban J connectivity index is 1.83. The number of rotatable bonds is 4. The second-order valence-corrected chi connectivity index (χ2v) is 7.78. The van der Waals surface area contributed by atoms with Gasteiger partial charge in [-0.05, 0) is 38.3 Å². The number of hydrogen-bond donors (Lipinski definition) is 1. The molecule has 0 unspecified atom stereocenters. The molecule has 0 aromatic carbocycles. The lowest BCUT2D eigenvalue weighted by molar-refractivity contribution is -0.148. The number of methoxy groups -OCH3 is 1. The minimum atomic E-state index is -0.168. The minimum Gasteiger partial charge on any atom is -0.469 e. The Hall–Kier alpha value is -1.56. The Morgan fingerprint density at radius 2 is 2.22 bits per heavy atom. The minimum absolute atomic E-state index is 0.0408. The van der Waals surface area contributed by atoms with Crippen LogP contribution in [0, 0.1) is 18.8 Å². The number of amides is 2. The normalized spacial score (nSPS) is 22.5. The molecule has 1 aromatic rings. The number of piperidine rings is 1. The second-order valence-electron chi connectivity index (χ2n) is 6.41. The highest BCUT2D eigenvalue weighted by Crippen LogP contribution is 2.24. The maximum atomic E-state index is 12.4. The number of likely N-dealkylation sites (tertiary alicyclic amines) is 1. The number of ether oxygens (including phenoxy) is 1. The molecule has 0 radical (unpaired) electrons. The fraction of sp³-hybridized carbons (Fsp3) is 0.647. The lowest BCUT2D eigenvalue weighted by Gasteiger charge is -2.36. The number of nitrogens with zero attached hydrogens (tertiary/aromatic N) is 1. The fourth-order valence-corrected chi connectivity index (χ4v) is 4.10. The van der Waals surface area contributed by atoms with E-state index < -0.39 is 0 Å². The van der Waals surface area contributed by atoms with Crippen LogP contribution in [0.15, 0.2) is 12.1 Å². The first kappa shape index (κ1) is 17.8. The van der Waals surface area contributed by atoms with Crippen LogP contribution in [0.25, 0.3) is 0 Å². The van der Waals surface area contributed by atoms with Crippen LogP contribution >= 0.6 is 11.3 Å². The molecule has 1 N–H and O–H groups in total. The van der Waals surface area contributed by atoms with Crippen LogP contribution in [-0.2, 0) is 16.0 Å². The van der Waals surface area contributed by atoms with Crippen molar-refractivity contribution in [3.63, 3.8) is 0 Å². The van der Waals surface area contributed by atoms with Gasteiger partial charge >= 0.3 is 12.0 Å². The summed E-state index contributed by atoms with van der Waals surface area (Å²) in [6, 6.07) is 4.27. The number of nitrogens with one attached hydrogen (secondary N) is 1. The van der Waals surface area contributed by atoms with Crippen molar-refractivity contribution in [3.05, 3.63) is 21.9 Å². The molecule has 0 aliphatic carbocycles. The van der Waals surface area contributed by atoms with Crippen LogP contribution in [0.1, 0.15) is 30.0 Å². The molecule has 1 fully saturated rings. The van der Waals surface area contributed by atoms with E-state index in [0.717, 1.165) is 6.42 Å². The largest absolute Gasteiger partial charge is 0.469 e. The number of hydrogen-bond acceptors (Lipinski definition) is 4. The average molecular weight is 338 g/mol. The molecule has 0 spiro atoms. The standard InChI is InChI=1S/C17H26N2O3S/c1-11-10-19(8-7-15(11)16(20)22-4)17(21)18-12(2)9-14-6-5-13(3)23-14/h5-6,11-12,15H,7-10H2,1-4H3,(H,18,21)/t11-,12+,15+/m0/s1. The molecule has 23 heavy (non-hydrogen) atoms. The van der Waals surface area contributed by atoms with Crippen LogP contribution < -0.4 is 5.32 Å². The van der Waals surface area contributed by atoms with Crippen LogP contribution in [0.2, 0.25) is 0 Å². The van der Waals surface area contributed by atoms with Gasteiger partial charge < -0.3 is 15.0 Å². The molecular formula is C17H26N2O3S. The number of carbonyl (C=O) groups excluding carboxylic acids is 2. The molecule has 3 atom stereocenters. The molecule has 6 heteroatoms. The average Bonchev–Trinajstić information content (AvgIpc) is 2.91. The predicted octanol–water partition coefficient (Wildman–Crippen LogP) is 2.83. The molecule has 2 rings (SSSR count). The zero-order chi connectivity index (χ0) is 17.0. The van der Waals surface area contributed by atoms with Gasteiger partial charge in [0.1, 0.15) is 0 Å². The van der Waals surface area contributed by atoms with E-state index in [-0.39, 0.29) is 29.9 Å². The highest BCUT2D eigenvalue weighted by molar-refractivity contribution is 7.11. The monoisotopic (exact) mass is 338 g/mol. The number of thiophene rings is 1. The third-order valence-electron chi connectivity index (χ3n) is 4.37. The molecule has 0 bridgehead atoms. The van der Waals surface area contributed by atoms with E-state index in [1.54, 1.807) is 16.2 Å². The SMILES string of the molecule is COC(=O)[C@@H]1CCN(C(=O)N[C@H](C)Cc2ccc(C)s2)C[C@@H]1C. The molecule has 1 aliphatic heterocycles. The van der Waals surface area contributed by atoms with Crippen LogP contribution in [0.4, 0.5) is 4.79 Å². The van der Waals surface area contributed by atoms with Gasteiger partial charge in [0.05, 0.1) is 13.0 Å². The quantitative estimate of drug-likeness (QED) is 0.859. The summed E-state index contributed by atoms with van der Waals surface area (Å²) in [7, 11) is 1.42. The van der Waals surface area contributed by atoms with Gasteiger partial charge in [0.2, 0.25) is 0 Å². The first-order valence-electron chi connectivity index (χ1n) is 8.09. The second kappa shape index (κ2) is 7.81. The van der Waals surface area contributed by atoms with E-state index in [9.17, 15) is 9.59 Å². The summed E-state index contributed by atoms with van der Waals surface area (Å²) in [5, 5.41) is 3.06. The molecule has 1 aliphatic rings. The topological polar surface area (TPSA) is 58.6 Å². The third kappa shape index (κ3) is 4.70. The zero-order valence-electron chi connectivity index (χ0n) is 14.3. The van der Waals surface area contributed by atoms with Gasteiger partial charge in [0.25, 0.3) is 0 Å². The fourth-order valence-electron chi connectivity index (χ4n) is 3.08. The van der Waals surface area contributed by atoms with Crippen molar-refractivity contribution in [2.24, 2.45) is 11.8 Å². The van der Waals surface area contributed by atoms with Crippen molar-refractivity contribution in [2.75, 3.05) is 20.2 Å². The predicted molar refractivity (Wildman–Crippen MR) is 91.6 cm³/mol. The van der Waals surface area contributed by atoms with Crippen LogP contribution in [0.3, 0.4) is 0 Å². The van der Waals surface area contributed by atoms with Crippen molar-refractivity contribution in [1.29, 1.82) is 0 Å². The summed E-state index contributed by atoms with van der Waals surface area (Å²) < 4.78 is 4.83. The molecule has 128 valence electrons. The third-order valence-corrected chi connectivity index (χ3v) is 5.39. The summed E-state index contributed by atoms with van der Waals surface area (Å²) in [6.07, 6.45) is 1.51. The van der Waals surface area contributed by atoms with Gasteiger partial charge in [0.15, 0.2) is 0 Å². The highest BCUT2D eigenvalue weighted by Gasteiger charge is 2.33. The maximum Gasteiger partial charge on any atom is 0.317 e. The van der Waals surface area contributed by atoms with Gasteiger partial charge in [-0.15, -0.1) is 11.3 Å². The van der Waals surface area contributed by atoms with Crippen molar-refractivity contribution in [1.82, 2.24) is 10.2 Å². The van der Waals surface area contributed by atoms with E-state index in [2.05, 4.69) is 24.4 Å². The van der Waals surface area contributed by atoms with Crippen LogP contribution in [-0.4, -0.2) is 43.1 Å². The van der Waals surface area contributed by atoms with E-state index in [4.69, 9.17) is 4.74 Å². The Morgan fingerprint density at radius 1 is 1.48 bits per heavy atom. The number of esters is 1. The molecule has 2 heterocycles. The van der Waals surface area contributed by atoms with Gasteiger partial charge in [0, 0.05) is 35.3 Å². The van der Waals surface area contributed by atoms with Crippen molar-refractivity contribution < 1.29 is 14.3 Å². The summed E-state index contributed by atoms with van der Waals surface area (Å²) in [5.41, 5.74) is 0. The smallest absolute Gasteiger partial charge is 0.317 e. The summed E-state index contributed by atoms with van der Waals surface area (Å²) >= 11 is 1.77. The zero-order valence-corrected chi connectivity index (χ0v) is 15.1. The first-order valence-corrected chi connectivity index (χ1v) is 8.91. The Labute approximate surface area is 142 Å². The van der Waals surface area contributed by atoms with Gasteiger partial charge in [-0.3, -0.25) is 4.79 Å². The van der Waals surface area contributed by atoms with Crippen LogP contribution in [0.5, 0.6) is 0 Å². The molecule has 1 aromatic heterocycles. The molecule has 0 saturated carbocycles. The van der Waals surface area contributed by atoms with Gasteiger partial charge in [-0.1, -0.05) is 6.92 Å². The van der Waals surface area contributed by atoms with Gasteiger partial charge in [-0.25, -0.2) is 4.79 Å². The number of carbonyl (C=O) groups is 2. The Bertz CT molecular complexity index is 558. The number of urea groups is 1. The molecule has 5 nitrogen and oxygen atoms in total. The van der Waals surface area contributed by atoms with Crippen molar-refractivity contribution in [3.8, 4) is 0 Å². The van der Waals surface area contributed by atoms with Gasteiger partial charge in [-0.2, -0.15) is 0 Å².